The van der Waals surface area contributed by atoms with Crippen LogP contribution in [0.15, 0.2) is 42.9 Å². The summed E-state index contributed by atoms with van der Waals surface area (Å²) >= 11 is 0. The van der Waals surface area contributed by atoms with Crippen molar-refractivity contribution < 1.29 is 22.7 Å². The summed E-state index contributed by atoms with van der Waals surface area (Å²) < 4.78 is 48.5. The van der Waals surface area contributed by atoms with Crippen LogP contribution >= 0.6 is 12.4 Å². The van der Waals surface area contributed by atoms with Gasteiger partial charge in [-0.25, -0.2) is 23.1 Å². The zero-order chi connectivity index (χ0) is 22.5. The SMILES string of the molecule is Cl.O=C(Nc1cncnc1OC1CCCNCC1)c1nc(-c2c(F)cccc2F)ccc1F. The Morgan fingerprint density at radius 1 is 1.06 bits per heavy atom. The Labute approximate surface area is 194 Å². The number of carbonyl (C=O) groups excluding carboxylic acids is 1. The number of nitrogens with one attached hydrogen (secondary N) is 2. The maximum absolute atomic E-state index is 14.4. The Balaban J connectivity index is 0.00000306. The van der Waals surface area contributed by atoms with Crippen molar-refractivity contribution in [2.75, 3.05) is 18.4 Å². The Kier molecular flexibility index (Phi) is 8.18. The highest BCUT2D eigenvalue weighted by atomic mass is 35.5. The van der Waals surface area contributed by atoms with Gasteiger partial charge in [0.05, 0.1) is 17.5 Å². The van der Waals surface area contributed by atoms with E-state index in [2.05, 4.69) is 25.6 Å². The van der Waals surface area contributed by atoms with E-state index in [0.29, 0.717) is 0 Å². The minimum atomic E-state index is -0.947. The molecule has 33 heavy (non-hydrogen) atoms. The molecule has 3 heterocycles. The molecular weight excluding hydrogens is 459 g/mol. The molecule has 4 rings (SSSR count). The van der Waals surface area contributed by atoms with Crippen LogP contribution in [-0.4, -0.2) is 40.1 Å². The third-order valence-electron chi connectivity index (χ3n) is 5.00. The van der Waals surface area contributed by atoms with E-state index >= 15 is 0 Å². The van der Waals surface area contributed by atoms with E-state index in [9.17, 15) is 18.0 Å². The van der Waals surface area contributed by atoms with Gasteiger partial charge in [0.15, 0.2) is 11.5 Å². The maximum atomic E-state index is 14.4. The van der Waals surface area contributed by atoms with Gasteiger partial charge in [0.25, 0.3) is 5.91 Å². The molecule has 0 radical (unpaired) electrons. The van der Waals surface area contributed by atoms with Gasteiger partial charge in [-0.2, -0.15) is 4.98 Å². The Bertz CT molecular complexity index is 1110. The summed E-state index contributed by atoms with van der Waals surface area (Å²) in [7, 11) is 0. The number of carbonyl (C=O) groups is 1. The fourth-order valence-electron chi connectivity index (χ4n) is 3.43. The molecule has 0 saturated carbocycles. The Morgan fingerprint density at radius 2 is 1.85 bits per heavy atom. The third kappa shape index (κ3) is 5.77. The summed E-state index contributed by atoms with van der Waals surface area (Å²) in [5, 5.41) is 5.76. The molecule has 1 aliphatic heterocycles. The Hall–Kier alpha value is -3.24. The number of rotatable bonds is 5. The lowest BCUT2D eigenvalue weighted by molar-refractivity contribution is 0.101. The predicted octanol–water partition coefficient (Wildman–Crippen LogP) is 4.15. The summed E-state index contributed by atoms with van der Waals surface area (Å²) in [5.41, 5.74) is -1.15. The van der Waals surface area contributed by atoms with E-state index in [4.69, 9.17) is 4.74 Å². The second-order valence-corrected chi connectivity index (χ2v) is 7.24. The van der Waals surface area contributed by atoms with Crippen molar-refractivity contribution in [3.63, 3.8) is 0 Å². The van der Waals surface area contributed by atoms with Crippen molar-refractivity contribution in [3.8, 4) is 17.1 Å². The minimum Gasteiger partial charge on any atom is -0.473 e. The number of hydrogen-bond donors (Lipinski definition) is 2. The lowest BCUT2D eigenvalue weighted by Crippen LogP contribution is -2.22. The molecule has 11 heteroatoms. The first-order valence-electron chi connectivity index (χ1n) is 10.1. The summed E-state index contributed by atoms with van der Waals surface area (Å²) in [5.74, 6) is -3.47. The highest BCUT2D eigenvalue weighted by Gasteiger charge is 2.22. The lowest BCUT2D eigenvalue weighted by Gasteiger charge is -2.18. The quantitative estimate of drug-likeness (QED) is 0.571. The number of pyridine rings is 1. The second-order valence-electron chi connectivity index (χ2n) is 7.24. The van der Waals surface area contributed by atoms with Crippen molar-refractivity contribution >= 4 is 24.0 Å². The van der Waals surface area contributed by atoms with E-state index < -0.39 is 34.6 Å². The molecule has 1 saturated heterocycles. The molecule has 1 unspecified atom stereocenters. The molecule has 1 aliphatic rings. The fraction of sp³-hybridized carbons (Fsp3) is 0.273. The number of nitrogens with zero attached hydrogens (tertiary/aromatic N) is 3. The largest absolute Gasteiger partial charge is 0.473 e. The Morgan fingerprint density at radius 3 is 2.64 bits per heavy atom. The zero-order valence-corrected chi connectivity index (χ0v) is 18.2. The van der Waals surface area contributed by atoms with E-state index in [-0.39, 0.29) is 35.8 Å². The molecule has 0 bridgehead atoms. The molecule has 0 aliphatic carbocycles. The highest BCUT2D eigenvalue weighted by molar-refractivity contribution is 6.03. The first-order chi connectivity index (χ1) is 15.5. The van der Waals surface area contributed by atoms with Crippen LogP contribution in [0.3, 0.4) is 0 Å². The van der Waals surface area contributed by atoms with Gasteiger partial charge in [-0.05, 0) is 56.6 Å². The monoisotopic (exact) mass is 479 g/mol. The average Bonchev–Trinajstić information content (AvgIpc) is 3.05. The molecule has 0 spiro atoms. The van der Waals surface area contributed by atoms with Gasteiger partial charge in [0.1, 0.15) is 29.8 Å². The van der Waals surface area contributed by atoms with Crippen LogP contribution in [0.25, 0.3) is 11.3 Å². The van der Waals surface area contributed by atoms with Crippen LogP contribution in [0, 0.1) is 17.5 Å². The van der Waals surface area contributed by atoms with E-state index in [1.54, 1.807) is 0 Å². The van der Waals surface area contributed by atoms with Crippen molar-refractivity contribution in [1.82, 2.24) is 20.3 Å². The van der Waals surface area contributed by atoms with Crippen LogP contribution in [0.5, 0.6) is 5.88 Å². The van der Waals surface area contributed by atoms with Crippen molar-refractivity contribution in [1.29, 1.82) is 0 Å². The number of aromatic nitrogens is 3. The summed E-state index contributed by atoms with van der Waals surface area (Å²) in [4.78, 5) is 24.6. The molecule has 1 amide bonds. The maximum Gasteiger partial charge on any atom is 0.277 e. The van der Waals surface area contributed by atoms with Gasteiger partial charge >= 0.3 is 0 Å². The molecule has 3 aromatic rings. The van der Waals surface area contributed by atoms with Gasteiger partial charge in [-0.3, -0.25) is 4.79 Å². The van der Waals surface area contributed by atoms with Gasteiger partial charge < -0.3 is 15.4 Å². The number of anilines is 1. The van der Waals surface area contributed by atoms with E-state index in [0.717, 1.165) is 56.6 Å². The van der Waals surface area contributed by atoms with E-state index in [1.165, 1.54) is 18.6 Å². The van der Waals surface area contributed by atoms with E-state index in [1.807, 2.05) is 0 Å². The van der Waals surface area contributed by atoms with Crippen molar-refractivity contribution in [2.45, 2.75) is 25.4 Å². The smallest absolute Gasteiger partial charge is 0.277 e. The predicted molar refractivity (Wildman–Crippen MR) is 118 cm³/mol. The molecule has 1 atom stereocenters. The number of amides is 1. The molecule has 174 valence electrons. The summed E-state index contributed by atoms with van der Waals surface area (Å²) in [6.45, 7) is 1.70. The molecular formula is C22H21ClF3N5O2. The first-order valence-corrected chi connectivity index (χ1v) is 10.1. The topological polar surface area (TPSA) is 89.0 Å². The normalized spacial score (nSPS) is 15.8. The number of hydrogen-bond acceptors (Lipinski definition) is 6. The van der Waals surface area contributed by atoms with Crippen LogP contribution in [0.1, 0.15) is 29.8 Å². The lowest BCUT2D eigenvalue weighted by atomic mass is 10.1. The van der Waals surface area contributed by atoms with Crippen molar-refractivity contribution in [2.24, 2.45) is 0 Å². The number of halogens is 4. The van der Waals surface area contributed by atoms with Gasteiger partial charge in [-0.15, -0.1) is 12.4 Å². The molecule has 7 nitrogen and oxygen atoms in total. The molecule has 2 N–H and O–H groups in total. The van der Waals surface area contributed by atoms with Crippen LogP contribution in [-0.2, 0) is 0 Å². The van der Waals surface area contributed by atoms with Crippen LogP contribution in [0.2, 0.25) is 0 Å². The average molecular weight is 480 g/mol. The van der Waals surface area contributed by atoms with Gasteiger partial charge in [0, 0.05) is 0 Å². The standard InChI is InChI=1S/C22H20F3N5O2.ClH/c23-14-4-1-5-15(24)19(14)17-7-6-16(25)20(29-17)21(31)30-18-11-27-12-28-22(18)32-13-3-2-9-26-10-8-13;/h1,4-7,11-13,26H,2-3,8-10H2,(H,30,31);1H. The van der Waals surface area contributed by atoms with Crippen molar-refractivity contribution in [3.05, 3.63) is 66.0 Å². The summed E-state index contributed by atoms with van der Waals surface area (Å²) in [6.07, 6.45) is 5.03. The second kappa shape index (κ2) is 11.1. The first kappa shape index (κ1) is 24.4. The number of ether oxygens (including phenoxy) is 1. The number of benzene rings is 1. The van der Waals surface area contributed by atoms with Crippen LogP contribution < -0.4 is 15.4 Å². The van der Waals surface area contributed by atoms with Crippen LogP contribution in [0.4, 0.5) is 18.9 Å². The fourth-order valence-corrected chi connectivity index (χ4v) is 3.43. The third-order valence-corrected chi connectivity index (χ3v) is 5.00. The summed E-state index contributed by atoms with van der Waals surface area (Å²) in [6, 6.07) is 5.34. The van der Waals surface area contributed by atoms with Gasteiger partial charge in [-0.1, -0.05) is 6.07 Å². The molecule has 2 aromatic heterocycles. The van der Waals surface area contributed by atoms with Gasteiger partial charge in [0.2, 0.25) is 5.88 Å². The molecule has 1 aromatic carbocycles. The highest BCUT2D eigenvalue weighted by Crippen LogP contribution is 2.27. The zero-order valence-electron chi connectivity index (χ0n) is 17.4. The minimum absolute atomic E-state index is 0. The molecule has 1 fully saturated rings.